The molecule has 4 aromatic carbocycles. The first-order chi connectivity index (χ1) is 22.6. The Labute approximate surface area is 278 Å². The summed E-state index contributed by atoms with van der Waals surface area (Å²) in [4.78, 5) is 29.9. The van der Waals surface area contributed by atoms with E-state index >= 15 is 0 Å². The number of aryl methyl sites for hydroxylation is 2. The Morgan fingerprint density at radius 2 is 1.47 bits per heavy atom. The molecule has 0 saturated heterocycles. The molecular formula is C37H43N3O6S. The van der Waals surface area contributed by atoms with Gasteiger partial charge in [0, 0.05) is 25.6 Å². The lowest BCUT2D eigenvalue weighted by Crippen LogP contribution is -2.53. The first-order valence-electron chi connectivity index (χ1n) is 15.6. The molecule has 0 aromatic heterocycles. The third-order valence-electron chi connectivity index (χ3n) is 7.80. The number of methoxy groups -OCH3 is 2. The van der Waals surface area contributed by atoms with E-state index in [0.29, 0.717) is 18.0 Å². The average Bonchev–Trinajstić information content (AvgIpc) is 3.07. The van der Waals surface area contributed by atoms with Gasteiger partial charge in [-0.25, -0.2) is 8.42 Å². The van der Waals surface area contributed by atoms with Crippen molar-refractivity contribution < 1.29 is 27.5 Å². The van der Waals surface area contributed by atoms with Gasteiger partial charge in [-0.2, -0.15) is 0 Å². The molecule has 1 atom stereocenters. The molecule has 2 amide bonds. The molecule has 10 heteroatoms. The predicted octanol–water partition coefficient (Wildman–Crippen LogP) is 5.68. The minimum Gasteiger partial charge on any atom is -0.493 e. The average molecular weight is 658 g/mol. The second-order valence-corrected chi connectivity index (χ2v) is 13.2. The van der Waals surface area contributed by atoms with Crippen LogP contribution in [-0.2, 0) is 32.6 Å². The van der Waals surface area contributed by atoms with Gasteiger partial charge >= 0.3 is 0 Å². The molecule has 4 rings (SSSR count). The van der Waals surface area contributed by atoms with Crippen molar-refractivity contribution >= 4 is 27.5 Å². The van der Waals surface area contributed by atoms with Gasteiger partial charge in [-0.3, -0.25) is 13.9 Å². The number of amides is 2. The lowest BCUT2D eigenvalue weighted by Gasteiger charge is -2.34. The second-order valence-electron chi connectivity index (χ2n) is 11.4. The molecule has 47 heavy (non-hydrogen) atoms. The van der Waals surface area contributed by atoms with Crippen LogP contribution in [0, 0.1) is 13.8 Å². The van der Waals surface area contributed by atoms with Crippen LogP contribution in [0.2, 0.25) is 0 Å². The summed E-state index contributed by atoms with van der Waals surface area (Å²) in [6.45, 7) is 5.75. The van der Waals surface area contributed by atoms with Crippen LogP contribution >= 0.6 is 0 Å². The van der Waals surface area contributed by atoms with E-state index < -0.39 is 28.5 Å². The summed E-state index contributed by atoms with van der Waals surface area (Å²) >= 11 is 0. The van der Waals surface area contributed by atoms with Crippen molar-refractivity contribution in [2.24, 2.45) is 0 Å². The zero-order chi connectivity index (χ0) is 34.0. The van der Waals surface area contributed by atoms with E-state index in [9.17, 15) is 18.0 Å². The number of nitrogens with one attached hydrogen (secondary N) is 1. The van der Waals surface area contributed by atoms with E-state index in [4.69, 9.17) is 9.47 Å². The molecule has 0 aliphatic carbocycles. The van der Waals surface area contributed by atoms with Gasteiger partial charge in [-0.05, 0) is 55.7 Å². The summed E-state index contributed by atoms with van der Waals surface area (Å²) in [6.07, 6.45) is 0.965. The van der Waals surface area contributed by atoms with Crippen LogP contribution in [0.1, 0.15) is 35.6 Å². The number of sulfonamides is 1. The van der Waals surface area contributed by atoms with Crippen molar-refractivity contribution in [2.75, 3.05) is 31.6 Å². The SMILES string of the molecule is CCCNC(=O)[C@H](Cc1ccccc1)N(Cc1cccc(C)c1)C(=O)CN(c1ccc(OC)c(OC)c1)S(=O)(=O)c1ccc(C)cc1. The zero-order valence-corrected chi connectivity index (χ0v) is 28.4. The number of hydrogen-bond donors (Lipinski definition) is 1. The fraction of sp³-hybridized carbons (Fsp3) is 0.297. The Balaban J connectivity index is 1.84. The molecule has 0 aliphatic heterocycles. The van der Waals surface area contributed by atoms with Gasteiger partial charge in [-0.1, -0.05) is 84.8 Å². The van der Waals surface area contributed by atoms with Crippen molar-refractivity contribution in [3.63, 3.8) is 0 Å². The minimum absolute atomic E-state index is 0.0254. The molecule has 1 N–H and O–H groups in total. The standard InChI is InChI=1S/C37H43N3O6S/c1-6-21-38-37(42)33(23-29-12-8-7-9-13-29)39(25-30-14-10-11-28(3)22-30)36(41)26-40(31-17-20-34(45-4)35(24-31)46-5)47(43,44)32-18-15-27(2)16-19-32/h7-20,22,24,33H,6,21,23,25-26H2,1-5H3,(H,38,42)/t33-/m0/s1. The summed E-state index contributed by atoms with van der Waals surface area (Å²) in [6, 6.07) is 27.4. The van der Waals surface area contributed by atoms with Crippen LogP contribution in [-0.4, -0.2) is 58.5 Å². The Morgan fingerprint density at radius 1 is 0.787 bits per heavy atom. The summed E-state index contributed by atoms with van der Waals surface area (Å²) in [7, 11) is -1.31. The van der Waals surface area contributed by atoms with E-state index in [2.05, 4.69) is 5.32 Å². The topological polar surface area (TPSA) is 105 Å². The van der Waals surface area contributed by atoms with Crippen LogP contribution < -0.4 is 19.1 Å². The number of nitrogens with zero attached hydrogens (tertiary/aromatic N) is 2. The number of hydrogen-bond acceptors (Lipinski definition) is 6. The Bertz CT molecular complexity index is 1760. The molecule has 0 bridgehead atoms. The van der Waals surface area contributed by atoms with Crippen LogP contribution in [0.3, 0.4) is 0 Å². The van der Waals surface area contributed by atoms with E-state index in [1.54, 1.807) is 24.3 Å². The molecule has 4 aromatic rings. The largest absolute Gasteiger partial charge is 0.493 e. The third-order valence-corrected chi connectivity index (χ3v) is 9.59. The molecular weight excluding hydrogens is 614 g/mol. The van der Waals surface area contributed by atoms with Gasteiger partial charge in [0.15, 0.2) is 11.5 Å². The van der Waals surface area contributed by atoms with Gasteiger partial charge in [-0.15, -0.1) is 0 Å². The molecule has 0 spiro atoms. The predicted molar refractivity (Wildman–Crippen MR) is 184 cm³/mol. The maximum Gasteiger partial charge on any atom is 0.264 e. The molecule has 248 valence electrons. The molecule has 0 saturated carbocycles. The van der Waals surface area contributed by atoms with Gasteiger partial charge in [0.25, 0.3) is 10.0 Å². The summed E-state index contributed by atoms with van der Waals surface area (Å²) in [5.74, 6) is -0.133. The highest BCUT2D eigenvalue weighted by Gasteiger charge is 2.35. The normalized spacial score (nSPS) is 11.8. The molecule has 0 radical (unpaired) electrons. The van der Waals surface area contributed by atoms with Gasteiger partial charge < -0.3 is 19.7 Å². The van der Waals surface area contributed by atoms with Crippen LogP contribution in [0.25, 0.3) is 0 Å². The van der Waals surface area contributed by atoms with Crippen molar-refractivity contribution in [2.45, 2.75) is 51.1 Å². The fourth-order valence-corrected chi connectivity index (χ4v) is 6.68. The lowest BCUT2D eigenvalue weighted by molar-refractivity contribution is -0.140. The quantitative estimate of drug-likeness (QED) is 0.176. The molecule has 0 fully saturated rings. The van der Waals surface area contributed by atoms with Gasteiger partial charge in [0.2, 0.25) is 11.8 Å². The molecule has 0 aliphatic rings. The van der Waals surface area contributed by atoms with Crippen molar-refractivity contribution in [1.82, 2.24) is 10.2 Å². The smallest absolute Gasteiger partial charge is 0.264 e. The number of carbonyl (C=O) groups excluding carboxylic acids is 2. The Hall–Kier alpha value is -4.83. The maximum atomic E-state index is 14.6. The number of carbonyl (C=O) groups is 2. The minimum atomic E-state index is -4.25. The van der Waals surface area contributed by atoms with E-state index in [1.165, 1.54) is 37.3 Å². The summed E-state index contributed by atoms with van der Waals surface area (Å²) < 4.78 is 40.5. The van der Waals surface area contributed by atoms with Crippen molar-refractivity contribution in [3.05, 3.63) is 119 Å². The maximum absolute atomic E-state index is 14.6. The Morgan fingerprint density at radius 3 is 2.11 bits per heavy atom. The number of ether oxygens (including phenoxy) is 2. The van der Waals surface area contributed by atoms with Crippen LogP contribution in [0.4, 0.5) is 5.69 Å². The number of rotatable bonds is 15. The van der Waals surface area contributed by atoms with Crippen LogP contribution in [0.5, 0.6) is 11.5 Å². The number of benzene rings is 4. The van der Waals surface area contributed by atoms with Gasteiger partial charge in [0.1, 0.15) is 12.6 Å². The fourth-order valence-electron chi connectivity index (χ4n) is 5.27. The second kappa shape index (κ2) is 16.1. The summed E-state index contributed by atoms with van der Waals surface area (Å²) in [5.41, 5.74) is 3.79. The van der Waals surface area contributed by atoms with E-state index in [0.717, 1.165) is 33.0 Å². The first-order valence-corrected chi connectivity index (χ1v) is 17.0. The van der Waals surface area contributed by atoms with Gasteiger partial charge in [0.05, 0.1) is 24.8 Å². The third kappa shape index (κ3) is 8.92. The van der Waals surface area contributed by atoms with Crippen LogP contribution in [0.15, 0.2) is 102 Å². The monoisotopic (exact) mass is 657 g/mol. The summed E-state index contributed by atoms with van der Waals surface area (Å²) in [5, 5.41) is 2.96. The highest BCUT2D eigenvalue weighted by Crippen LogP contribution is 2.34. The van der Waals surface area contributed by atoms with Crippen molar-refractivity contribution in [1.29, 1.82) is 0 Å². The molecule has 0 heterocycles. The zero-order valence-electron chi connectivity index (χ0n) is 27.6. The Kier molecular flexibility index (Phi) is 12.0. The highest BCUT2D eigenvalue weighted by atomic mass is 32.2. The molecule has 9 nitrogen and oxygen atoms in total. The van der Waals surface area contributed by atoms with E-state index in [-0.39, 0.29) is 29.5 Å². The van der Waals surface area contributed by atoms with E-state index in [1.807, 2.05) is 75.4 Å². The number of anilines is 1. The lowest BCUT2D eigenvalue weighted by atomic mass is 10.0. The first kappa shape index (κ1) is 35.0. The molecule has 0 unspecified atom stereocenters. The van der Waals surface area contributed by atoms with Crippen molar-refractivity contribution in [3.8, 4) is 11.5 Å². The highest BCUT2D eigenvalue weighted by molar-refractivity contribution is 7.92.